The Bertz CT molecular complexity index is 1000. The molecular formula is C19H12ClN4O+. The fourth-order valence-electron chi connectivity index (χ4n) is 2.23. The summed E-state index contributed by atoms with van der Waals surface area (Å²) >= 11 is 5.86. The summed E-state index contributed by atoms with van der Waals surface area (Å²) < 4.78 is 1.52. The zero-order valence-corrected chi connectivity index (χ0v) is 14.0. The molecule has 6 heteroatoms. The van der Waals surface area contributed by atoms with Crippen LogP contribution in [0.15, 0.2) is 59.8 Å². The average molecular weight is 348 g/mol. The number of allylic oxidation sites excluding steroid dienone is 3. The summed E-state index contributed by atoms with van der Waals surface area (Å²) in [5.74, 6) is 1.46. The van der Waals surface area contributed by atoms with Gasteiger partial charge in [0.05, 0.1) is 0 Å². The molecule has 1 aromatic carbocycles. The summed E-state index contributed by atoms with van der Waals surface area (Å²) in [5, 5.41) is 26.4. The average Bonchev–Trinajstić information content (AvgIpc) is 2.63. The maximum Gasteiger partial charge on any atom is 0.279 e. The second-order valence-electron chi connectivity index (χ2n) is 5.00. The van der Waals surface area contributed by atoms with Crippen molar-refractivity contribution in [1.29, 1.82) is 15.9 Å². The van der Waals surface area contributed by atoms with Crippen LogP contribution in [0.5, 0.6) is 0 Å². The molecule has 120 valence electrons. The third-order valence-electron chi connectivity index (χ3n) is 3.46. The number of nitrogens with zero attached hydrogens (tertiary/aromatic N) is 3. The van der Waals surface area contributed by atoms with Crippen LogP contribution in [0.3, 0.4) is 0 Å². The minimum atomic E-state index is -0.462. The molecule has 0 bridgehead atoms. The maximum atomic E-state index is 13.1. The van der Waals surface area contributed by atoms with Crippen LogP contribution in [0, 0.1) is 35.0 Å². The number of aryl methyl sites for hydroxylation is 1. The molecule has 2 aromatic rings. The molecule has 0 aliphatic rings. The summed E-state index contributed by atoms with van der Waals surface area (Å²) in [6.45, 7) is 1.77. The van der Waals surface area contributed by atoms with Gasteiger partial charge in [-0.25, -0.2) is 0 Å². The first kappa shape index (κ1) is 17.8. The number of halogens is 1. The molecule has 0 saturated carbocycles. The Kier molecular flexibility index (Phi) is 5.61. The summed E-state index contributed by atoms with van der Waals surface area (Å²) in [6.07, 6.45) is 1.62. The van der Waals surface area contributed by atoms with Crippen molar-refractivity contribution in [2.75, 3.05) is 0 Å². The normalized spacial score (nSPS) is 10.7. The van der Waals surface area contributed by atoms with E-state index in [0.717, 1.165) is 0 Å². The van der Waals surface area contributed by atoms with Crippen LogP contribution < -0.4 is 4.57 Å². The number of carbonyl (C=O) groups excluding carboxylic acids is 1. The zero-order chi connectivity index (χ0) is 18.4. The molecule has 0 aliphatic heterocycles. The largest absolute Gasteiger partial charge is 0.282 e. The van der Waals surface area contributed by atoms with Crippen LogP contribution in [-0.4, -0.2) is 11.7 Å². The lowest BCUT2D eigenvalue weighted by Crippen LogP contribution is -2.40. The monoisotopic (exact) mass is 347 g/mol. The van der Waals surface area contributed by atoms with E-state index in [9.17, 15) is 15.3 Å². The van der Waals surface area contributed by atoms with Gasteiger partial charge in [0, 0.05) is 29.6 Å². The van der Waals surface area contributed by atoms with E-state index < -0.39 is 5.78 Å². The van der Waals surface area contributed by atoms with Gasteiger partial charge in [0.15, 0.2) is 17.5 Å². The molecule has 5 nitrogen and oxygen atoms in total. The smallest absolute Gasteiger partial charge is 0.279 e. The predicted molar refractivity (Wildman–Crippen MR) is 92.8 cm³/mol. The minimum Gasteiger partial charge on any atom is -0.282 e. The predicted octanol–water partition coefficient (Wildman–Crippen LogP) is 3.25. The quantitative estimate of drug-likeness (QED) is 0.230. The number of pyridine rings is 1. The van der Waals surface area contributed by atoms with Crippen molar-refractivity contribution in [2.24, 2.45) is 0 Å². The topological polar surface area (TPSA) is 92.4 Å². The number of hydrogen-bond donors (Lipinski definition) is 1. The van der Waals surface area contributed by atoms with Crippen molar-refractivity contribution < 1.29 is 9.36 Å². The second kappa shape index (κ2) is 7.86. The highest BCUT2D eigenvalue weighted by atomic mass is 35.5. The van der Waals surface area contributed by atoms with E-state index in [2.05, 4.69) is 0 Å². The summed E-state index contributed by atoms with van der Waals surface area (Å²) in [7, 11) is 0. The first-order chi connectivity index (χ1) is 12.0. The molecule has 0 amide bonds. The van der Waals surface area contributed by atoms with E-state index in [1.54, 1.807) is 61.7 Å². The van der Waals surface area contributed by atoms with Gasteiger partial charge in [-0.15, -0.1) is 0 Å². The summed E-state index contributed by atoms with van der Waals surface area (Å²) in [6, 6.07) is 15.1. The summed E-state index contributed by atoms with van der Waals surface area (Å²) in [4.78, 5) is 13.1. The molecule has 0 unspecified atom stereocenters. The molecule has 0 spiro atoms. The van der Waals surface area contributed by atoms with Gasteiger partial charge in [-0.3, -0.25) is 10.2 Å². The first-order valence-electron chi connectivity index (χ1n) is 7.16. The Morgan fingerprint density at radius 1 is 1.12 bits per heavy atom. The van der Waals surface area contributed by atoms with Gasteiger partial charge >= 0.3 is 0 Å². The van der Waals surface area contributed by atoms with Crippen LogP contribution >= 0.6 is 11.6 Å². The Labute approximate surface area is 149 Å². The number of carbonyl (C=O) groups is 1. The molecule has 0 aliphatic carbocycles. The lowest BCUT2D eigenvalue weighted by Gasteiger charge is -2.06. The number of nitrogens with one attached hydrogen (secondary N) is 1. The molecule has 0 saturated heterocycles. The van der Waals surface area contributed by atoms with Gasteiger partial charge in [-0.05, 0) is 30.1 Å². The second-order valence-corrected chi connectivity index (χ2v) is 5.43. The fraction of sp³-hybridized carbons (Fsp3) is 0.0526. The molecule has 1 aromatic heterocycles. The van der Waals surface area contributed by atoms with Crippen LogP contribution in [0.2, 0.25) is 5.02 Å². The SMILES string of the molecule is Cc1cccc[n+]1/C(C(=O)c1ccc(Cl)cc1)=C(\C#N)C(=C=N)C#N. The van der Waals surface area contributed by atoms with E-state index in [-0.39, 0.29) is 16.8 Å². The number of nitriles is 2. The number of benzene rings is 1. The van der Waals surface area contributed by atoms with Gasteiger partial charge in [0.2, 0.25) is 0 Å². The number of Topliss-reactive ketones (excluding diaryl/α,β-unsaturated/α-hetero) is 1. The molecule has 0 radical (unpaired) electrons. The number of rotatable bonds is 4. The first-order valence-corrected chi connectivity index (χ1v) is 7.53. The molecule has 2 rings (SSSR count). The van der Waals surface area contributed by atoms with Gasteiger partial charge in [-0.1, -0.05) is 17.7 Å². The van der Waals surface area contributed by atoms with E-state index in [0.29, 0.717) is 16.3 Å². The molecule has 0 fully saturated rings. The van der Waals surface area contributed by atoms with Crippen LogP contribution in [-0.2, 0) is 0 Å². The zero-order valence-electron chi connectivity index (χ0n) is 13.2. The van der Waals surface area contributed by atoms with E-state index in [1.165, 1.54) is 4.57 Å². The third-order valence-corrected chi connectivity index (χ3v) is 3.71. The minimum absolute atomic E-state index is 0.0146. The Balaban J connectivity index is 2.83. The van der Waals surface area contributed by atoms with E-state index in [4.69, 9.17) is 17.0 Å². The standard InChI is InChI=1S/C19H12ClN4O/c1-13-4-2-3-9-24(13)18(17(12-23)15(10-21)11-22)19(25)14-5-7-16(20)8-6-14/h2-9,21H,1H3/q+1/b18-17+. The van der Waals surface area contributed by atoms with Crippen LogP contribution in [0.4, 0.5) is 0 Å². The maximum absolute atomic E-state index is 13.1. The van der Waals surface area contributed by atoms with Crippen molar-refractivity contribution in [3.8, 4) is 12.1 Å². The van der Waals surface area contributed by atoms with E-state index >= 15 is 0 Å². The van der Waals surface area contributed by atoms with Crippen molar-refractivity contribution in [2.45, 2.75) is 6.92 Å². The number of hydrogen-bond acceptors (Lipinski definition) is 4. The number of ketones is 1. The lowest BCUT2D eigenvalue weighted by molar-refractivity contribution is -0.584. The van der Waals surface area contributed by atoms with Gasteiger partial charge < -0.3 is 0 Å². The Morgan fingerprint density at radius 2 is 1.80 bits per heavy atom. The third kappa shape index (κ3) is 3.71. The molecular weight excluding hydrogens is 336 g/mol. The molecule has 25 heavy (non-hydrogen) atoms. The Morgan fingerprint density at radius 3 is 2.32 bits per heavy atom. The highest BCUT2D eigenvalue weighted by Gasteiger charge is 2.30. The molecule has 1 heterocycles. The number of aromatic nitrogens is 1. The van der Waals surface area contributed by atoms with Gasteiger partial charge in [0.25, 0.3) is 11.5 Å². The van der Waals surface area contributed by atoms with Crippen molar-refractivity contribution in [3.05, 3.63) is 76.1 Å². The Hall–Kier alpha value is -3.50. The van der Waals surface area contributed by atoms with Crippen LogP contribution in [0.25, 0.3) is 5.70 Å². The van der Waals surface area contributed by atoms with Crippen molar-refractivity contribution >= 4 is 29.0 Å². The van der Waals surface area contributed by atoms with Crippen molar-refractivity contribution in [1.82, 2.24) is 0 Å². The molecule has 0 atom stereocenters. The summed E-state index contributed by atoms with van der Waals surface area (Å²) in [5.41, 5.74) is 0.464. The van der Waals surface area contributed by atoms with Crippen molar-refractivity contribution in [3.63, 3.8) is 0 Å². The van der Waals surface area contributed by atoms with Gasteiger partial charge in [0.1, 0.15) is 17.7 Å². The fourth-order valence-corrected chi connectivity index (χ4v) is 2.36. The lowest BCUT2D eigenvalue weighted by atomic mass is 10.00. The highest BCUT2D eigenvalue weighted by molar-refractivity contribution is 6.31. The highest BCUT2D eigenvalue weighted by Crippen LogP contribution is 2.19. The molecule has 1 N–H and O–H groups in total. The van der Waals surface area contributed by atoms with Gasteiger partial charge in [-0.2, -0.15) is 15.1 Å². The van der Waals surface area contributed by atoms with E-state index in [1.807, 2.05) is 11.9 Å². The van der Waals surface area contributed by atoms with Crippen LogP contribution in [0.1, 0.15) is 16.1 Å².